The van der Waals surface area contributed by atoms with Gasteiger partial charge in [0.15, 0.2) is 0 Å². The molecule has 0 bridgehead atoms. The van der Waals surface area contributed by atoms with E-state index in [1.165, 1.54) is 6.07 Å². The van der Waals surface area contributed by atoms with Crippen LogP contribution >= 0.6 is 48.0 Å². The molecule has 2 nitrogen and oxygen atoms in total. The molecule has 1 aromatic rings. The summed E-state index contributed by atoms with van der Waals surface area (Å²) in [6.45, 7) is 9.42. The lowest BCUT2D eigenvalue weighted by Crippen LogP contribution is -2.45. The molecular formula is C15H21Cl4FN2. The molecule has 0 unspecified atom stereocenters. The molecule has 0 aliphatic carbocycles. The maximum Gasteiger partial charge on any atom is 0.148 e. The van der Waals surface area contributed by atoms with E-state index in [2.05, 4.69) is 16.8 Å². The molecule has 1 aromatic carbocycles. The topological polar surface area (TPSA) is 15.3 Å². The van der Waals surface area contributed by atoms with Gasteiger partial charge in [0.05, 0.1) is 5.02 Å². The van der Waals surface area contributed by atoms with Crippen molar-refractivity contribution < 1.29 is 4.39 Å². The summed E-state index contributed by atoms with van der Waals surface area (Å²) in [6.07, 6.45) is 0.678. The number of piperazine rings is 1. The van der Waals surface area contributed by atoms with Crippen LogP contribution in [0.1, 0.15) is 24.9 Å². The van der Waals surface area contributed by atoms with Gasteiger partial charge in [-0.3, -0.25) is 4.90 Å². The third-order valence-corrected chi connectivity index (χ3v) is 4.17. The smallest absolute Gasteiger partial charge is 0.148 e. The monoisotopic (exact) mass is 388 g/mol. The summed E-state index contributed by atoms with van der Waals surface area (Å²) in [5.74, 6) is -0.413. The first-order valence-corrected chi connectivity index (χ1v) is 7.49. The molecule has 126 valence electrons. The van der Waals surface area contributed by atoms with E-state index in [1.807, 2.05) is 6.92 Å². The number of hydrogen-bond acceptors (Lipinski definition) is 2. The highest BCUT2D eigenvalue weighted by atomic mass is 35.5. The quantitative estimate of drug-likeness (QED) is 0.582. The third-order valence-electron chi connectivity index (χ3n) is 3.55. The van der Waals surface area contributed by atoms with Crippen LogP contribution in [0.2, 0.25) is 10.0 Å². The van der Waals surface area contributed by atoms with Gasteiger partial charge in [0.1, 0.15) is 5.82 Å². The Labute approximate surface area is 153 Å². The van der Waals surface area contributed by atoms with Gasteiger partial charge in [-0.1, -0.05) is 28.8 Å². The normalized spacial score (nSPS) is 16.4. The Morgan fingerprint density at radius 1 is 1.27 bits per heavy atom. The third kappa shape index (κ3) is 5.26. The van der Waals surface area contributed by atoms with Crippen LogP contribution in [0.15, 0.2) is 24.3 Å². The zero-order chi connectivity index (χ0) is 14.7. The molecular weight excluding hydrogens is 369 g/mol. The molecule has 1 atom stereocenters. The van der Waals surface area contributed by atoms with Crippen molar-refractivity contribution >= 4 is 48.0 Å². The summed E-state index contributed by atoms with van der Waals surface area (Å²) in [6, 6.07) is 3.05. The Morgan fingerprint density at radius 2 is 1.82 bits per heavy atom. The molecule has 1 saturated heterocycles. The van der Waals surface area contributed by atoms with Crippen molar-refractivity contribution in [2.24, 2.45) is 0 Å². The predicted octanol–water partition coefficient (Wildman–Crippen LogP) is 4.89. The highest BCUT2D eigenvalue weighted by Gasteiger charge is 2.27. The zero-order valence-corrected chi connectivity index (χ0v) is 15.5. The lowest BCUT2D eigenvalue weighted by atomic mass is 9.97. The molecule has 0 aromatic heterocycles. The van der Waals surface area contributed by atoms with Crippen LogP contribution < -0.4 is 5.32 Å². The van der Waals surface area contributed by atoms with E-state index in [4.69, 9.17) is 23.2 Å². The Balaban J connectivity index is 0.00000220. The minimum atomic E-state index is -0.413. The highest BCUT2D eigenvalue weighted by Crippen LogP contribution is 2.36. The van der Waals surface area contributed by atoms with E-state index in [9.17, 15) is 4.39 Å². The summed E-state index contributed by atoms with van der Waals surface area (Å²) in [7, 11) is 0. The minimum Gasteiger partial charge on any atom is -0.314 e. The summed E-state index contributed by atoms with van der Waals surface area (Å²) >= 11 is 12.1. The zero-order valence-electron chi connectivity index (χ0n) is 12.4. The number of benzene rings is 1. The maximum atomic E-state index is 14.4. The van der Waals surface area contributed by atoms with Gasteiger partial charge in [-0.2, -0.15) is 0 Å². The fourth-order valence-corrected chi connectivity index (χ4v) is 3.02. The van der Waals surface area contributed by atoms with Gasteiger partial charge in [0, 0.05) is 42.8 Å². The predicted molar refractivity (Wildman–Crippen MR) is 97.5 cm³/mol. The first kappa shape index (κ1) is 22.0. The molecule has 1 heterocycles. The summed E-state index contributed by atoms with van der Waals surface area (Å²) < 4.78 is 14.4. The van der Waals surface area contributed by atoms with Crippen LogP contribution in [0.5, 0.6) is 0 Å². The number of nitrogens with one attached hydrogen (secondary N) is 1. The van der Waals surface area contributed by atoms with Crippen molar-refractivity contribution in [1.29, 1.82) is 0 Å². The number of hydrogen-bond donors (Lipinski definition) is 1. The van der Waals surface area contributed by atoms with E-state index in [1.54, 1.807) is 6.07 Å². The van der Waals surface area contributed by atoms with Gasteiger partial charge in [0.25, 0.3) is 0 Å². The Morgan fingerprint density at radius 3 is 2.36 bits per heavy atom. The Hall–Kier alpha value is -0.0300. The molecule has 1 fully saturated rings. The van der Waals surface area contributed by atoms with Gasteiger partial charge >= 0.3 is 0 Å². The molecule has 1 N–H and O–H groups in total. The van der Waals surface area contributed by atoms with E-state index >= 15 is 0 Å². The van der Waals surface area contributed by atoms with Crippen LogP contribution in [-0.4, -0.2) is 31.1 Å². The molecule has 0 amide bonds. The average Bonchev–Trinajstić information content (AvgIpc) is 2.43. The van der Waals surface area contributed by atoms with Gasteiger partial charge in [-0.15, -0.1) is 31.4 Å². The summed E-state index contributed by atoms with van der Waals surface area (Å²) in [5.41, 5.74) is 1.49. The molecule has 22 heavy (non-hydrogen) atoms. The van der Waals surface area contributed by atoms with Crippen molar-refractivity contribution in [1.82, 2.24) is 10.2 Å². The number of nitrogens with zero attached hydrogens (tertiary/aromatic N) is 1. The van der Waals surface area contributed by atoms with Gasteiger partial charge < -0.3 is 5.32 Å². The summed E-state index contributed by atoms with van der Waals surface area (Å²) in [5, 5.41) is 3.84. The van der Waals surface area contributed by atoms with Crippen molar-refractivity contribution in [2.45, 2.75) is 19.4 Å². The molecule has 1 aliphatic rings. The van der Waals surface area contributed by atoms with Crippen molar-refractivity contribution in [3.05, 3.63) is 45.7 Å². The summed E-state index contributed by atoms with van der Waals surface area (Å²) in [4.78, 5) is 2.24. The number of rotatable bonds is 4. The van der Waals surface area contributed by atoms with E-state index in [0.717, 1.165) is 31.8 Å². The van der Waals surface area contributed by atoms with Crippen LogP contribution in [0.4, 0.5) is 4.39 Å². The lowest BCUT2D eigenvalue weighted by molar-refractivity contribution is 0.169. The van der Waals surface area contributed by atoms with Crippen LogP contribution in [-0.2, 0) is 0 Å². The van der Waals surface area contributed by atoms with Crippen molar-refractivity contribution in [2.75, 3.05) is 26.2 Å². The van der Waals surface area contributed by atoms with E-state index < -0.39 is 5.82 Å². The van der Waals surface area contributed by atoms with Crippen LogP contribution in [0.3, 0.4) is 0 Å². The highest BCUT2D eigenvalue weighted by molar-refractivity contribution is 6.33. The van der Waals surface area contributed by atoms with Gasteiger partial charge in [-0.05, 0) is 25.5 Å². The van der Waals surface area contributed by atoms with Crippen molar-refractivity contribution in [3.8, 4) is 0 Å². The Kier molecular flexibility index (Phi) is 9.95. The second-order valence-corrected chi connectivity index (χ2v) is 6.03. The molecule has 0 saturated carbocycles. The SMILES string of the molecule is C=C(C)C[C@H](c1c(Cl)ccc(Cl)c1F)N1CCNCC1.Cl.Cl. The Bertz CT molecular complexity index is 505. The first-order valence-electron chi connectivity index (χ1n) is 6.73. The minimum absolute atomic E-state index is 0. The van der Waals surface area contributed by atoms with Gasteiger partial charge in [0.2, 0.25) is 0 Å². The standard InChI is InChI=1S/C15H19Cl2FN2.2ClH/c1-10(2)9-13(20-7-5-19-6-8-20)14-11(16)3-4-12(17)15(14)18;;/h3-4,13,19H,1,5-9H2,2H3;2*1H/t13-;;/m1../s1. The maximum absolute atomic E-state index is 14.4. The molecule has 1 aliphatic heterocycles. The fourth-order valence-electron chi connectivity index (χ4n) is 2.59. The second-order valence-electron chi connectivity index (χ2n) is 5.22. The average molecular weight is 390 g/mol. The fraction of sp³-hybridized carbons (Fsp3) is 0.467. The molecule has 7 heteroatoms. The van der Waals surface area contributed by atoms with E-state index in [-0.39, 0.29) is 35.9 Å². The second kappa shape index (κ2) is 9.96. The first-order chi connectivity index (χ1) is 9.50. The number of halogens is 5. The largest absolute Gasteiger partial charge is 0.314 e. The van der Waals surface area contributed by atoms with Crippen LogP contribution in [0.25, 0.3) is 0 Å². The molecule has 0 spiro atoms. The molecule has 2 rings (SSSR count). The van der Waals surface area contributed by atoms with Crippen molar-refractivity contribution in [3.63, 3.8) is 0 Å². The van der Waals surface area contributed by atoms with E-state index in [0.29, 0.717) is 17.0 Å². The molecule has 0 radical (unpaired) electrons. The van der Waals surface area contributed by atoms with Gasteiger partial charge in [-0.25, -0.2) is 4.39 Å². The lowest BCUT2D eigenvalue weighted by Gasteiger charge is -2.36. The van der Waals surface area contributed by atoms with Crippen LogP contribution in [0, 0.1) is 5.82 Å².